The largest absolute Gasteiger partial charge is 0.472 e. The van der Waals surface area contributed by atoms with Gasteiger partial charge in [0.1, 0.15) is 12.7 Å². The quantitative estimate of drug-likeness (QED) is 0.0197. The van der Waals surface area contributed by atoms with Crippen LogP contribution in [-0.4, -0.2) is 66.5 Å². The van der Waals surface area contributed by atoms with Gasteiger partial charge in [0.2, 0.25) is 0 Å². The molecule has 0 heterocycles. The lowest BCUT2D eigenvalue weighted by Crippen LogP contribution is -2.30. The van der Waals surface area contributed by atoms with Gasteiger partial charge < -0.3 is 24.2 Å². The van der Waals surface area contributed by atoms with E-state index in [0.717, 1.165) is 96.3 Å². The molecule has 0 aromatic rings. The predicted octanol–water partition coefficient (Wildman–Crippen LogP) is 18.9. The van der Waals surface area contributed by atoms with Crippen LogP contribution in [0.15, 0.2) is 48.6 Å². The summed E-state index contributed by atoms with van der Waals surface area (Å²) in [7, 11) is -4.75. The second-order valence-corrected chi connectivity index (χ2v) is 22.7. The van der Waals surface area contributed by atoms with E-state index >= 15 is 0 Å². The molecule has 0 bridgehead atoms. The van der Waals surface area contributed by atoms with E-state index in [4.69, 9.17) is 23.3 Å². The van der Waals surface area contributed by atoms with E-state index in [0.29, 0.717) is 19.3 Å². The molecule has 3 atom stereocenters. The second kappa shape index (κ2) is 58.6. The average molecular weight is 1090 g/mol. The number of phosphoric acid groups is 1. The number of aliphatic hydroxyl groups excluding tert-OH is 1. The van der Waals surface area contributed by atoms with Crippen LogP contribution in [0.4, 0.5) is 0 Å². The zero-order chi connectivity index (χ0) is 55.5. The molecule has 0 aromatic carbocycles. The van der Waals surface area contributed by atoms with Crippen molar-refractivity contribution in [2.75, 3.05) is 26.4 Å². The van der Waals surface area contributed by atoms with Crippen molar-refractivity contribution in [3.05, 3.63) is 48.6 Å². The van der Waals surface area contributed by atoms with Crippen molar-refractivity contribution < 1.29 is 52.2 Å². The summed E-state index contributed by atoms with van der Waals surface area (Å²) in [5.74, 6) is -1.47. The molecule has 76 heavy (non-hydrogen) atoms. The molecular weight excluding hydrogens is 976 g/mol. The highest BCUT2D eigenvalue weighted by atomic mass is 31.2. The lowest BCUT2D eigenvalue weighted by Gasteiger charge is -2.21. The van der Waals surface area contributed by atoms with Gasteiger partial charge in [-0.25, -0.2) is 4.57 Å². The molecule has 0 amide bonds. The third-order valence-electron chi connectivity index (χ3n) is 13.7. The number of rotatable bonds is 59. The Morgan fingerprint density at radius 3 is 1.03 bits per heavy atom. The molecule has 0 saturated carbocycles. The Labute approximate surface area is 466 Å². The molecule has 0 spiro atoms. The number of allylic oxidation sites excluding steroid dienone is 8. The number of phosphoric ester groups is 1. The van der Waals surface area contributed by atoms with Gasteiger partial charge in [-0.2, -0.15) is 0 Å². The van der Waals surface area contributed by atoms with E-state index in [2.05, 4.69) is 69.4 Å². The summed E-state index contributed by atoms with van der Waals surface area (Å²) in [6, 6.07) is 0. The van der Waals surface area contributed by atoms with Crippen LogP contribution in [0.2, 0.25) is 0 Å². The Balaban J connectivity index is 4.71. The van der Waals surface area contributed by atoms with E-state index in [1.807, 2.05) is 0 Å². The smallest absolute Gasteiger partial charge is 0.462 e. The summed E-state index contributed by atoms with van der Waals surface area (Å²) < 4.78 is 39.6. The van der Waals surface area contributed by atoms with Crippen LogP contribution in [0.3, 0.4) is 0 Å². The topological polar surface area (TPSA) is 155 Å². The van der Waals surface area contributed by atoms with Crippen molar-refractivity contribution in [1.82, 2.24) is 0 Å². The van der Waals surface area contributed by atoms with E-state index in [-0.39, 0.29) is 25.9 Å². The number of carbonyl (C=O) groups is 3. The number of unbranched alkanes of at least 4 members (excludes halogenated alkanes) is 34. The number of carbonyl (C=O) groups excluding carboxylic acids is 3. The van der Waals surface area contributed by atoms with E-state index in [1.54, 1.807) is 0 Å². The van der Waals surface area contributed by atoms with Gasteiger partial charge in [0.15, 0.2) is 6.10 Å². The van der Waals surface area contributed by atoms with Crippen molar-refractivity contribution in [2.24, 2.45) is 0 Å². The molecule has 0 radical (unpaired) electrons. The second-order valence-electron chi connectivity index (χ2n) is 21.2. The molecule has 3 unspecified atom stereocenters. The molecule has 0 aliphatic rings. The van der Waals surface area contributed by atoms with Crippen LogP contribution in [0, 0.1) is 0 Å². The summed E-state index contributed by atoms with van der Waals surface area (Å²) in [6.07, 6.45) is 63.4. The van der Waals surface area contributed by atoms with Crippen molar-refractivity contribution in [3.8, 4) is 0 Å². The van der Waals surface area contributed by atoms with Crippen molar-refractivity contribution in [1.29, 1.82) is 0 Å². The standard InChI is InChI=1S/C64H117O11P/c1-4-7-10-13-16-19-22-25-27-29-30-32-34-37-40-43-46-49-52-55-64(68)75-61(57-71-62(66)53-50-47-44-41-38-36-33-31-28-26-23-20-17-14-11-8-5-2)59-73-76(69,70)72-58-60(56-65)74-63(67)54-51-48-45-42-39-35-24-21-18-15-12-9-6-3/h16,19,21,24-28,60-61,65H,4-15,17-18,20,22-23,29-59H2,1-3H3,(H,69,70)/b19-16-,24-21-,27-25-,28-26-. The first kappa shape index (κ1) is 73.4. The molecule has 2 N–H and O–H groups in total. The van der Waals surface area contributed by atoms with E-state index in [1.165, 1.54) is 148 Å². The minimum Gasteiger partial charge on any atom is -0.462 e. The van der Waals surface area contributed by atoms with Crippen molar-refractivity contribution in [3.63, 3.8) is 0 Å². The van der Waals surface area contributed by atoms with E-state index < -0.39 is 57.8 Å². The minimum absolute atomic E-state index is 0.163. The molecule has 0 aromatic heterocycles. The fourth-order valence-electron chi connectivity index (χ4n) is 8.85. The number of esters is 3. The molecule has 12 heteroatoms. The fraction of sp³-hybridized carbons (Fsp3) is 0.828. The first-order valence-electron chi connectivity index (χ1n) is 31.5. The minimum atomic E-state index is -4.75. The molecule has 444 valence electrons. The molecule has 11 nitrogen and oxygen atoms in total. The molecule has 0 saturated heterocycles. The highest BCUT2D eigenvalue weighted by molar-refractivity contribution is 7.47. The molecular formula is C64H117O11P. The highest BCUT2D eigenvalue weighted by Crippen LogP contribution is 2.43. The summed E-state index contributed by atoms with van der Waals surface area (Å²) >= 11 is 0. The van der Waals surface area contributed by atoms with Gasteiger partial charge in [-0.1, -0.05) is 230 Å². The lowest BCUT2D eigenvalue weighted by atomic mass is 10.1. The molecule has 0 aliphatic carbocycles. The van der Waals surface area contributed by atoms with E-state index in [9.17, 15) is 28.9 Å². The highest BCUT2D eigenvalue weighted by Gasteiger charge is 2.28. The maximum atomic E-state index is 12.9. The van der Waals surface area contributed by atoms with Crippen LogP contribution < -0.4 is 0 Å². The predicted molar refractivity (Wildman–Crippen MR) is 316 cm³/mol. The summed E-state index contributed by atoms with van der Waals surface area (Å²) in [4.78, 5) is 48.7. The van der Waals surface area contributed by atoms with Crippen LogP contribution in [-0.2, 0) is 42.2 Å². The van der Waals surface area contributed by atoms with Gasteiger partial charge in [0.25, 0.3) is 0 Å². The zero-order valence-corrected chi connectivity index (χ0v) is 50.1. The number of hydrogen-bond acceptors (Lipinski definition) is 10. The van der Waals surface area contributed by atoms with Gasteiger partial charge in [0, 0.05) is 19.3 Å². The van der Waals surface area contributed by atoms with Gasteiger partial charge in [-0.05, 0) is 103 Å². The Hall–Kier alpha value is -2.56. The maximum Gasteiger partial charge on any atom is 0.472 e. The summed E-state index contributed by atoms with van der Waals surface area (Å²) in [5, 5.41) is 9.83. The van der Waals surface area contributed by atoms with Crippen LogP contribution >= 0.6 is 7.82 Å². The first-order chi connectivity index (χ1) is 37.2. The number of aliphatic hydroxyl groups is 1. The van der Waals surface area contributed by atoms with Gasteiger partial charge >= 0.3 is 25.7 Å². The number of hydrogen-bond donors (Lipinski definition) is 2. The monoisotopic (exact) mass is 1090 g/mol. The van der Waals surface area contributed by atoms with Crippen LogP contribution in [0.25, 0.3) is 0 Å². The van der Waals surface area contributed by atoms with Crippen LogP contribution in [0.5, 0.6) is 0 Å². The Kier molecular flexibility index (Phi) is 56.6. The maximum absolute atomic E-state index is 12.9. The first-order valence-corrected chi connectivity index (χ1v) is 33.0. The average Bonchev–Trinajstić information content (AvgIpc) is 3.41. The van der Waals surface area contributed by atoms with Crippen molar-refractivity contribution >= 4 is 25.7 Å². The normalized spacial score (nSPS) is 13.6. The van der Waals surface area contributed by atoms with Gasteiger partial charge in [-0.3, -0.25) is 23.4 Å². The third-order valence-corrected chi connectivity index (χ3v) is 14.6. The third kappa shape index (κ3) is 56.2. The molecule has 0 rings (SSSR count). The Morgan fingerprint density at radius 2 is 0.645 bits per heavy atom. The fourth-order valence-corrected chi connectivity index (χ4v) is 9.63. The van der Waals surface area contributed by atoms with Gasteiger partial charge in [-0.15, -0.1) is 0 Å². The Bertz CT molecular complexity index is 1460. The summed E-state index contributed by atoms with van der Waals surface area (Å²) in [6.45, 7) is 4.63. The zero-order valence-electron chi connectivity index (χ0n) is 49.2. The number of ether oxygens (including phenoxy) is 3. The van der Waals surface area contributed by atoms with Crippen LogP contribution in [0.1, 0.15) is 303 Å². The Morgan fingerprint density at radius 1 is 0.368 bits per heavy atom. The molecule has 0 aliphatic heterocycles. The summed E-state index contributed by atoms with van der Waals surface area (Å²) in [5.41, 5.74) is 0. The molecule has 0 fully saturated rings. The lowest BCUT2D eigenvalue weighted by molar-refractivity contribution is -0.161. The van der Waals surface area contributed by atoms with Crippen molar-refractivity contribution in [2.45, 2.75) is 315 Å². The SMILES string of the molecule is CCCCC/C=C\C/C=C\CCCCCCCCCCCC(=O)OC(COC(=O)CCCCCCCCC/C=C\CCCCCCCC)COP(=O)(O)OCC(CO)OC(=O)CCCCCCC/C=C\CCCCCC. The van der Waals surface area contributed by atoms with Gasteiger partial charge in [0.05, 0.1) is 19.8 Å².